The second-order valence-electron chi connectivity index (χ2n) is 7.35. The smallest absolute Gasteiger partial charge is 0.231 e. The quantitative estimate of drug-likeness (QED) is 0.493. The van der Waals surface area contributed by atoms with Gasteiger partial charge in [-0.15, -0.1) is 4.91 Å². The Labute approximate surface area is 167 Å². The summed E-state index contributed by atoms with van der Waals surface area (Å²) in [5.41, 5.74) is 5.18. The van der Waals surface area contributed by atoms with Crippen molar-refractivity contribution in [2.24, 2.45) is 5.18 Å². The van der Waals surface area contributed by atoms with E-state index in [1.165, 1.54) is 11.1 Å². The first-order chi connectivity index (χ1) is 13.6. The molecule has 0 spiro atoms. The molecule has 0 aliphatic carbocycles. The van der Waals surface area contributed by atoms with Crippen LogP contribution < -0.4 is 14.2 Å². The Morgan fingerprint density at radius 3 is 2.43 bits per heavy atom. The van der Waals surface area contributed by atoms with Crippen LogP contribution in [0.1, 0.15) is 61.8 Å². The molecule has 0 saturated heterocycles. The topological polar surface area (TPSA) is 57.1 Å². The highest BCUT2D eigenvalue weighted by molar-refractivity contribution is 5.61. The molecular formula is C23H29NO4. The number of rotatable bonds is 9. The lowest BCUT2D eigenvalue weighted by molar-refractivity contribution is 0.174. The lowest BCUT2D eigenvalue weighted by Crippen LogP contribution is -2.06. The van der Waals surface area contributed by atoms with Gasteiger partial charge in [-0.2, -0.15) is 0 Å². The van der Waals surface area contributed by atoms with E-state index in [1.54, 1.807) is 7.11 Å². The van der Waals surface area contributed by atoms with Crippen LogP contribution in [-0.2, 0) is 19.3 Å². The number of nitroso groups, excluding NO2 is 1. The summed E-state index contributed by atoms with van der Waals surface area (Å²) >= 11 is 0. The fourth-order valence-corrected chi connectivity index (χ4v) is 4.03. The Balaban J connectivity index is 1.97. The van der Waals surface area contributed by atoms with Crippen molar-refractivity contribution in [3.05, 3.63) is 51.4 Å². The highest BCUT2D eigenvalue weighted by Crippen LogP contribution is 2.40. The number of aryl methyl sites for hydroxylation is 1. The molecule has 1 aliphatic heterocycles. The molecule has 2 aromatic rings. The minimum absolute atomic E-state index is 0.277. The minimum Gasteiger partial charge on any atom is -0.494 e. The molecule has 0 amide bonds. The molecule has 1 atom stereocenters. The van der Waals surface area contributed by atoms with Crippen LogP contribution in [0.2, 0.25) is 0 Å². The van der Waals surface area contributed by atoms with Crippen molar-refractivity contribution >= 4 is 5.69 Å². The molecule has 1 heterocycles. The second kappa shape index (κ2) is 9.09. The fraction of sp³-hybridized carbons (Fsp3) is 0.478. The summed E-state index contributed by atoms with van der Waals surface area (Å²) in [6, 6.07) is 8.17. The lowest BCUT2D eigenvalue weighted by Gasteiger charge is -2.20. The van der Waals surface area contributed by atoms with Gasteiger partial charge in [0.05, 0.1) is 7.11 Å². The highest BCUT2D eigenvalue weighted by atomic mass is 16.7. The Hall–Kier alpha value is -2.56. The first-order valence-electron chi connectivity index (χ1n) is 10.1. The van der Waals surface area contributed by atoms with Crippen molar-refractivity contribution in [3.8, 4) is 17.2 Å². The Morgan fingerprint density at radius 2 is 1.79 bits per heavy atom. The summed E-state index contributed by atoms with van der Waals surface area (Å²) < 4.78 is 16.5. The highest BCUT2D eigenvalue weighted by Gasteiger charge is 2.22. The third-order valence-electron chi connectivity index (χ3n) is 5.36. The van der Waals surface area contributed by atoms with Gasteiger partial charge in [0.2, 0.25) is 6.79 Å². The van der Waals surface area contributed by atoms with Gasteiger partial charge >= 0.3 is 0 Å². The van der Waals surface area contributed by atoms with E-state index in [4.69, 9.17) is 14.2 Å². The summed E-state index contributed by atoms with van der Waals surface area (Å²) in [7, 11) is 1.58. The SMILES string of the molecule is CCCc1cc2c(cc1C(C)Cc1ccc(OC)c(N=O)c1CCC)OCO2. The molecule has 5 heteroatoms. The van der Waals surface area contributed by atoms with Crippen LogP contribution >= 0.6 is 0 Å². The number of fused-ring (bicyclic) bond motifs is 1. The van der Waals surface area contributed by atoms with E-state index in [9.17, 15) is 4.91 Å². The summed E-state index contributed by atoms with van der Waals surface area (Å²) in [6.07, 6.45) is 4.66. The molecule has 0 N–H and O–H groups in total. The molecule has 5 nitrogen and oxygen atoms in total. The zero-order valence-corrected chi connectivity index (χ0v) is 17.2. The van der Waals surface area contributed by atoms with Gasteiger partial charge in [0.15, 0.2) is 17.2 Å². The van der Waals surface area contributed by atoms with Gasteiger partial charge in [-0.05, 0) is 70.8 Å². The third kappa shape index (κ3) is 3.98. The van der Waals surface area contributed by atoms with E-state index >= 15 is 0 Å². The van der Waals surface area contributed by atoms with E-state index in [2.05, 4.69) is 44.1 Å². The van der Waals surface area contributed by atoms with Crippen LogP contribution in [0.4, 0.5) is 5.69 Å². The third-order valence-corrected chi connectivity index (χ3v) is 5.36. The first kappa shape index (κ1) is 20.2. The van der Waals surface area contributed by atoms with Gasteiger partial charge in [-0.1, -0.05) is 39.7 Å². The van der Waals surface area contributed by atoms with Gasteiger partial charge in [0, 0.05) is 0 Å². The zero-order valence-electron chi connectivity index (χ0n) is 17.2. The maximum absolute atomic E-state index is 11.5. The standard InChI is InChI=1S/C23H29NO4/c1-5-7-16-12-21-22(28-14-27-21)13-19(16)15(3)11-17-9-10-20(26-4)23(24-25)18(17)8-6-2/h9-10,12-13,15H,5-8,11,14H2,1-4H3. The van der Waals surface area contributed by atoms with Crippen LogP contribution in [0, 0.1) is 4.91 Å². The van der Waals surface area contributed by atoms with E-state index in [-0.39, 0.29) is 12.7 Å². The number of methoxy groups -OCH3 is 1. The largest absolute Gasteiger partial charge is 0.494 e. The molecular weight excluding hydrogens is 354 g/mol. The van der Waals surface area contributed by atoms with Crippen LogP contribution in [0.15, 0.2) is 29.4 Å². The average molecular weight is 383 g/mol. The zero-order chi connectivity index (χ0) is 20.1. The van der Waals surface area contributed by atoms with Gasteiger partial charge in [-0.3, -0.25) is 0 Å². The van der Waals surface area contributed by atoms with E-state index in [0.717, 1.165) is 54.7 Å². The molecule has 0 radical (unpaired) electrons. The van der Waals surface area contributed by atoms with Gasteiger partial charge in [-0.25, -0.2) is 0 Å². The Kier molecular flexibility index (Phi) is 6.55. The molecule has 1 unspecified atom stereocenters. The molecule has 1 aliphatic rings. The van der Waals surface area contributed by atoms with Crippen molar-refractivity contribution in [3.63, 3.8) is 0 Å². The van der Waals surface area contributed by atoms with Gasteiger partial charge in [0.25, 0.3) is 0 Å². The summed E-state index contributed by atoms with van der Waals surface area (Å²) in [5.74, 6) is 2.48. The monoisotopic (exact) mass is 383 g/mol. The number of hydrogen-bond acceptors (Lipinski definition) is 5. The van der Waals surface area contributed by atoms with E-state index in [1.807, 2.05) is 6.07 Å². The van der Waals surface area contributed by atoms with Crippen LogP contribution in [-0.4, -0.2) is 13.9 Å². The van der Waals surface area contributed by atoms with Crippen molar-refractivity contribution in [2.45, 2.75) is 58.8 Å². The van der Waals surface area contributed by atoms with Crippen molar-refractivity contribution < 1.29 is 14.2 Å². The maximum Gasteiger partial charge on any atom is 0.231 e. The number of hydrogen-bond donors (Lipinski definition) is 0. The van der Waals surface area contributed by atoms with Crippen LogP contribution in [0.25, 0.3) is 0 Å². The summed E-state index contributed by atoms with van der Waals surface area (Å²) in [6.45, 7) is 6.80. The van der Waals surface area contributed by atoms with Crippen molar-refractivity contribution in [1.82, 2.24) is 0 Å². The second-order valence-corrected chi connectivity index (χ2v) is 7.35. The summed E-state index contributed by atoms with van der Waals surface area (Å²) in [4.78, 5) is 11.5. The molecule has 2 aromatic carbocycles. The maximum atomic E-state index is 11.5. The van der Waals surface area contributed by atoms with Gasteiger partial charge < -0.3 is 14.2 Å². The van der Waals surface area contributed by atoms with Gasteiger partial charge in [0.1, 0.15) is 5.75 Å². The molecule has 0 fully saturated rings. The molecule has 3 rings (SSSR count). The molecule has 0 aromatic heterocycles. The fourth-order valence-electron chi connectivity index (χ4n) is 4.03. The predicted molar refractivity (Wildman–Crippen MR) is 111 cm³/mol. The van der Waals surface area contributed by atoms with Crippen molar-refractivity contribution in [1.29, 1.82) is 0 Å². The molecule has 0 bridgehead atoms. The number of ether oxygens (including phenoxy) is 3. The van der Waals surface area contributed by atoms with Crippen LogP contribution in [0.3, 0.4) is 0 Å². The normalized spacial score (nSPS) is 13.4. The Morgan fingerprint density at radius 1 is 1.07 bits per heavy atom. The van der Waals surface area contributed by atoms with E-state index in [0.29, 0.717) is 11.4 Å². The lowest BCUT2D eigenvalue weighted by atomic mass is 9.86. The average Bonchev–Trinajstić information content (AvgIpc) is 3.16. The molecule has 0 saturated carbocycles. The predicted octanol–water partition coefficient (Wildman–Crippen LogP) is 6.07. The number of nitrogens with zero attached hydrogens (tertiary/aromatic N) is 1. The Bertz CT molecular complexity index is 847. The van der Waals surface area contributed by atoms with Crippen LogP contribution in [0.5, 0.6) is 17.2 Å². The summed E-state index contributed by atoms with van der Waals surface area (Å²) in [5, 5.41) is 3.28. The number of benzene rings is 2. The van der Waals surface area contributed by atoms with Crippen molar-refractivity contribution in [2.75, 3.05) is 13.9 Å². The first-order valence-corrected chi connectivity index (χ1v) is 10.1. The van der Waals surface area contributed by atoms with E-state index < -0.39 is 0 Å². The molecule has 150 valence electrons. The molecule has 28 heavy (non-hydrogen) atoms. The minimum atomic E-state index is 0.277.